The molecule has 2 heterocycles. The van der Waals surface area contributed by atoms with Crippen LogP contribution in [0.3, 0.4) is 0 Å². The second kappa shape index (κ2) is 9.74. The summed E-state index contributed by atoms with van der Waals surface area (Å²) in [6.07, 6.45) is -1.18. The average molecular weight is 450 g/mol. The Bertz CT molecular complexity index is 1210. The van der Waals surface area contributed by atoms with Crippen LogP contribution in [0.4, 0.5) is 4.79 Å². The van der Waals surface area contributed by atoms with Gasteiger partial charge in [0.15, 0.2) is 0 Å². The van der Waals surface area contributed by atoms with Crippen molar-refractivity contribution in [1.82, 2.24) is 24.7 Å². The number of amides is 2. The van der Waals surface area contributed by atoms with Crippen molar-refractivity contribution in [3.05, 3.63) is 76.3 Å². The van der Waals surface area contributed by atoms with E-state index in [-0.39, 0.29) is 30.4 Å². The molecule has 0 aliphatic carbocycles. The normalized spacial score (nSPS) is 13.7. The zero-order valence-corrected chi connectivity index (χ0v) is 18.5. The molecule has 0 saturated carbocycles. The van der Waals surface area contributed by atoms with Gasteiger partial charge in [-0.1, -0.05) is 48.5 Å². The third-order valence-electron chi connectivity index (χ3n) is 5.76. The van der Waals surface area contributed by atoms with Gasteiger partial charge in [-0.3, -0.25) is 13.9 Å². The number of nitrogens with zero attached hydrogens (tertiary/aromatic N) is 3. The van der Waals surface area contributed by atoms with Gasteiger partial charge in [-0.25, -0.2) is 9.59 Å². The van der Waals surface area contributed by atoms with Gasteiger partial charge < -0.3 is 20.6 Å². The van der Waals surface area contributed by atoms with Crippen molar-refractivity contribution in [2.75, 3.05) is 32.7 Å². The maximum atomic E-state index is 13.8. The van der Waals surface area contributed by atoms with Gasteiger partial charge in [-0.15, -0.1) is 0 Å². The minimum atomic E-state index is -1.18. The van der Waals surface area contributed by atoms with Gasteiger partial charge in [0, 0.05) is 44.8 Å². The van der Waals surface area contributed by atoms with Crippen LogP contribution in [0.5, 0.6) is 0 Å². The van der Waals surface area contributed by atoms with Crippen molar-refractivity contribution >= 4 is 12.0 Å². The van der Waals surface area contributed by atoms with E-state index in [1.54, 1.807) is 9.47 Å². The van der Waals surface area contributed by atoms with Crippen LogP contribution < -0.4 is 16.3 Å². The second-order valence-electron chi connectivity index (χ2n) is 7.89. The maximum absolute atomic E-state index is 13.8. The number of rotatable bonds is 6. The van der Waals surface area contributed by atoms with Crippen molar-refractivity contribution in [2.45, 2.75) is 13.5 Å². The molecule has 1 aromatic heterocycles. The number of nitrogens with one attached hydrogen (secondary N) is 2. The molecule has 9 heteroatoms. The summed E-state index contributed by atoms with van der Waals surface area (Å²) >= 11 is 0. The first-order chi connectivity index (χ1) is 16.0. The van der Waals surface area contributed by atoms with E-state index in [2.05, 4.69) is 10.6 Å². The molecule has 2 amide bonds. The van der Waals surface area contributed by atoms with Gasteiger partial charge in [0.25, 0.3) is 5.91 Å². The van der Waals surface area contributed by atoms with E-state index in [9.17, 15) is 14.4 Å². The molecule has 172 valence electrons. The lowest BCUT2D eigenvalue weighted by molar-refractivity contribution is 0.0725. The van der Waals surface area contributed by atoms with Crippen molar-refractivity contribution in [3.8, 4) is 16.9 Å². The predicted molar refractivity (Wildman–Crippen MR) is 125 cm³/mol. The summed E-state index contributed by atoms with van der Waals surface area (Å²) in [6, 6.07) is 16.9. The number of benzene rings is 2. The molecule has 1 aliphatic rings. The highest BCUT2D eigenvalue weighted by molar-refractivity contribution is 5.99. The fourth-order valence-corrected chi connectivity index (χ4v) is 4.16. The third-order valence-corrected chi connectivity index (χ3v) is 5.76. The number of carbonyl (C=O) groups is 2. The van der Waals surface area contributed by atoms with Crippen molar-refractivity contribution in [2.24, 2.45) is 0 Å². The minimum Gasteiger partial charge on any atom is -0.465 e. The summed E-state index contributed by atoms with van der Waals surface area (Å²) in [5, 5.41) is 14.5. The molecule has 3 N–H and O–H groups in total. The minimum absolute atomic E-state index is 0.00307. The van der Waals surface area contributed by atoms with E-state index in [0.717, 1.165) is 11.1 Å². The molecule has 0 bridgehead atoms. The molecule has 4 rings (SSSR count). The fraction of sp³-hybridized carbons (Fsp3) is 0.292. The Kier molecular flexibility index (Phi) is 6.60. The maximum Gasteiger partial charge on any atom is 0.404 e. The molecule has 0 unspecified atom stereocenters. The number of imidazole rings is 1. The molecular weight excluding hydrogens is 422 g/mol. The summed E-state index contributed by atoms with van der Waals surface area (Å²) in [4.78, 5) is 40.3. The highest BCUT2D eigenvalue weighted by Gasteiger charge is 2.31. The Labute approximate surface area is 191 Å². The quantitative estimate of drug-likeness (QED) is 0.533. The van der Waals surface area contributed by atoms with Crippen LogP contribution in [0.1, 0.15) is 16.1 Å². The van der Waals surface area contributed by atoms with E-state index >= 15 is 0 Å². The molecule has 1 saturated heterocycles. The molecule has 0 atom stereocenters. The average Bonchev–Trinajstić information content (AvgIpc) is 3.12. The van der Waals surface area contributed by atoms with E-state index in [0.29, 0.717) is 37.6 Å². The van der Waals surface area contributed by atoms with Crippen LogP contribution >= 0.6 is 0 Å². The molecule has 9 nitrogen and oxygen atoms in total. The lowest BCUT2D eigenvalue weighted by atomic mass is 10.1. The highest BCUT2D eigenvalue weighted by atomic mass is 16.4. The number of hydrogen-bond acceptors (Lipinski definition) is 4. The zero-order chi connectivity index (χ0) is 23.4. The lowest BCUT2D eigenvalue weighted by Gasteiger charge is -2.28. The standard InChI is InChI=1S/C24H27N5O4/c1-17-7-5-6-10-19(17)29-20(18-8-3-2-4-9-18)21(22(30)27-14-11-25-12-15-27)28(24(29)33)16-13-26-23(31)32/h2-10,25-26H,11-16H2,1H3,(H,31,32). The first-order valence-electron chi connectivity index (χ1n) is 10.9. The van der Waals surface area contributed by atoms with Crippen LogP contribution in [0, 0.1) is 6.92 Å². The third kappa shape index (κ3) is 4.54. The number of para-hydroxylation sites is 1. The first kappa shape index (κ1) is 22.3. The van der Waals surface area contributed by atoms with Crippen molar-refractivity contribution < 1.29 is 14.7 Å². The number of aryl methyl sites for hydroxylation is 1. The summed E-state index contributed by atoms with van der Waals surface area (Å²) in [7, 11) is 0. The highest BCUT2D eigenvalue weighted by Crippen LogP contribution is 2.28. The van der Waals surface area contributed by atoms with E-state index in [1.807, 2.05) is 61.5 Å². The summed E-state index contributed by atoms with van der Waals surface area (Å²) in [5.74, 6) is -0.241. The number of hydrogen-bond donors (Lipinski definition) is 3. The zero-order valence-electron chi connectivity index (χ0n) is 18.5. The number of aromatic nitrogens is 2. The van der Waals surface area contributed by atoms with Crippen LogP contribution in [0.15, 0.2) is 59.4 Å². The molecule has 33 heavy (non-hydrogen) atoms. The van der Waals surface area contributed by atoms with Crippen molar-refractivity contribution in [3.63, 3.8) is 0 Å². The van der Waals surface area contributed by atoms with Gasteiger partial charge in [-0.2, -0.15) is 0 Å². The number of piperazine rings is 1. The van der Waals surface area contributed by atoms with Crippen LogP contribution in [-0.4, -0.2) is 63.9 Å². The Hall–Kier alpha value is -3.85. The predicted octanol–water partition coefficient (Wildman–Crippen LogP) is 1.93. The Morgan fingerprint density at radius 1 is 1.03 bits per heavy atom. The molecule has 0 radical (unpaired) electrons. The SMILES string of the molecule is Cc1ccccc1-n1c(-c2ccccc2)c(C(=O)N2CCNCC2)n(CCNC(=O)O)c1=O. The van der Waals surface area contributed by atoms with Gasteiger partial charge in [0.2, 0.25) is 0 Å². The van der Waals surface area contributed by atoms with Crippen LogP contribution in [0.2, 0.25) is 0 Å². The Morgan fingerprint density at radius 3 is 2.36 bits per heavy atom. The van der Waals surface area contributed by atoms with Crippen molar-refractivity contribution in [1.29, 1.82) is 0 Å². The molecule has 1 fully saturated rings. The smallest absolute Gasteiger partial charge is 0.404 e. The van der Waals surface area contributed by atoms with Gasteiger partial charge in [-0.05, 0) is 18.6 Å². The summed E-state index contributed by atoms with van der Waals surface area (Å²) in [6.45, 7) is 4.37. The monoisotopic (exact) mass is 449 g/mol. The topological polar surface area (TPSA) is 109 Å². The van der Waals surface area contributed by atoms with E-state index in [1.165, 1.54) is 4.57 Å². The van der Waals surface area contributed by atoms with E-state index < -0.39 is 6.09 Å². The summed E-state index contributed by atoms with van der Waals surface area (Å²) < 4.78 is 2.97. The van der Waals surface area contributed by atoms with Crippen LogP contribution in [-0.2, 0) is 6.54 Å². The number of carbonyl (C=O) groups excluding carboxylic acids is 1. The molecule has 0 spiro atoms. The Morgan fingerprint density at radius 2 is 1.70 bits per heavy atom. The van der Waals surface area contributed by atoms with Gasteiger partial charge >= 0.3 is 11.8 Å². The van der Waals surface area contributed by atoms with Crippen LogP contribution in [0.25, 0.3) is 16.9 Å². The molecular formula is C24H27N5O4. The van der Waals surface area contributed by atoms with Gasteiger partial charge in [0.1, 0.15) is 5.69 Å². The fourth-order valence-electron chi connectivity index (χ4n) is 4.16. The summed E-state index contributed by atoms with van der Waals surface area (Å²) in [5.41, 5.74) is 2.70. The van der Waals surface area contributed by atoms with Gasteiger partial charge in [0.05, 0.1) is 11.4 Å². The number of carboxylic acid groups (broad SMARTS) is 1. The lowest BCUT2D eigenvalue weighted by Crippen LogP contribution is -2.47. The molecule has 1 aliphatic heterocycles. The second-order valence-corrected chi connectivity index (χ2v) is 7.89. The molecule has 3 aromatic rings. The largest absolute Gasteiger partial charge is 0.465 e. The first-order valence-corrected chi connectivity index (χ1v) is 10.9. The van der Waals surface area contributed by atoms with E-state index in [4.69, 9.17) is 5.11 Å². The Balaban J connectivity index is 1.97. The molecule has 2 aromatic carbocycles.